The van der Waals surface area contributed by atoms with Crippen LogP contribution in [-0.2, 0) is 14.6 Å². The fourth-order valence-electron chi connectivity index (χ4n) is 2.28. The van der Waals surface area contributed by atoms with E-state index in [1.807, 2.05) is 7.05 Å². The Bertz CT molecular complexity index is 313. The van der Waals surface area contributed by atoms with Crippen LogP contribution < -0.4 is 5.73 Å². The lowest BCUT2D eigenvalue weighted by Gasteiger charge is -2.35. The Hall–Kier alpha value is -0.170. The molecule has 0 spiro atoms. The van der Waals surface area contributed by atoms with Gasteiger partial charge in [0.05, 0.1) is 12.4 Å². The second-order valence-electron chi connectivity index (χ2n) is 4.89. The van der Waals surface area contributed by atoms with E-state index in [1.165, 1.54) is 6.26 Å². The zero-order chi connectivity index (χ0) is 12.9. The Morgan fingerprint density at radius 3 is 2.71 bits per heavy atom. The predicted octanol–water partition coefficient (Wildman–Crippen LogP) is -0.283. The molecule has 0 radical (unpaired) electrons. The van der Waals surface area contributed by atoms with Gasteiger partial charge in [0, 0.05) is 32.0 Å². The second kappa shape index (κ2) is 6.68. The molecule has 2 N–H and O–H groups in total. The molecule has 1 rings (SSSR count). The number of rotatable bonds is 6. The lowest BCUT2D eigenvalue weighted by Crippen LogP contribution is -2.47. The zero-order valence-corrected chi connectivity index (χ0v) is 11.6. The summed E-state index contributed by atoms with van der Waals surface area (Å²) in [6.07, 6.45) is 3.45. The van der Waals surface area contributed by atoms with Crippen molar-refractivity contribution in [2.75, 3.05) is 45.4 Å². The van der Waals surface area contributed by atoms with Crippen LogP contribution in [-0.4, -0.2) is 64.7 Å². The van der Waals surface area contributed by atoms with Crippen molar-refractivity contribution in [3.05, 3.63) is 0 Å². The van der Waals surface area contributed by atoms with Crippen molar-refractivity contribution in [1.82, 2.24) is 4.90 Å². The minimum atomic E-state index is -2.91. The van der Waals surface area contributed by atoms with Gasteiger partial charge in [-0.1, -0.05) is 0 Å². The topological polar surface area (TPSA) is 72.6 Å². The van der Waals surface area contributed by atoms with Crippen LogP contribution >= 0.6 is 0 Å². The van der Waals surface area contributed by atoms with Crippen molar-refractivity contribution in [2.24, 2.45) is 11.7 Å². The van der Waals surface area contributed by atoms with Gasteiger partial charge in [-0.3, -0.25) is 0 Å². The summed E-state index contributed by atoms with van der Waals surface area (Å²) < 4.78 is 27.7. The zero-order valence-electron chi connectivity index (χ0n) is 10.8. The third-order valence-electron chi connectivity index (χ3n) is 3.36. The maximum Gasteiger partial charge on any atom is 0.148 e. The minimum Gasteiger partial charge on any atom is -0.381 e. The van der Waals surface area contributed by atoms with Crippen molar-refractivity contribution in [1.29, 1.82) is 0 Å². The summed E-state index contributed by atoms with van der Waals surface area (Å²) in [5, 5.41) is 0. The van der Waals surface area contributed by atoms with Crippen LogP contribution in [0, 0.1) is 5.92 Å². The van der Waals surface area contributed by atoms with E-state index in [0.29, 0.717) is 19.0 Å². The number of nitrogens with two attached hydrogens (primary N) is 1. The summed E-state index contributed by atoms with van der Waals surface area (Å²) in [5.74, 6) is 0.617. The molecule has 1 aliphatic heterocycles. The highest BCUT2D eigenvalue weighted by molar-refractivity contribution is 7.90. The maximum absolute atomic E-state index is 11.1. The van der Waals surface area contributed by atoms with E-state index in [-0.39, 0.29) is 11.8 Å². The molecule has 1 saturated heterocycles. The van der Waals surface area contributed by atoms with Crippen molar-refractivity contribution in [2.45, 2.75) is 18.9 Å². The smallest absolute Gasteiger partial charge is 0.148 e. The first-order valence-corrected chi connectivity index (χ1v) is 8.16. The number of nitrogens with zero attached hydrogens (tertiary/aromatic N) is 1. The normalized spacial score (nSPS) is 23.9. The highest BCUT2D eigenvalue weighted by Crippen LogP contribution is 2.20. The summed E-state index contributed by atoms with van der Waals surface area (Å²) >= 11 is 0. The molecule has 17 heavy (non-hydrogen) atoms. The molecule has 2 unspecified atom stereocenters. The monoisotopic (exact) mass is 264 g/mol. The molecular formula is C11H24N2O3S. The number of ether oxygens (including phenoxy) is 1. The predicted molar refractivity (Wildman–Crippen MR) is 68.7 cm³/mol. The first-order valence-electron chi connectivity index (χ1n) is 6.10. The Balaban J connectivity index is 2.47. The molecule has 1 fully saturated rings. The molecule has 5 nitrogen and oxygen atoms in total. The van der Waals surface area contributed by atoms with Gasteiger partial charge < -0.3 is 15.4 Å². The van der Waals surface area contributed by atoms with Crippen molar-refractivity contribution in [3.8, 4) is 0 Å². The molecule has 0 bridgehead atoms. The van der Waals surface area contributed by atoms with E-state index in [4.69, 9.17) is 10.5 Å². The highest BCUT2D eigenvalue weighted by Gasteiger charge is 2.26. The van der Waals surface area contributed by atoms with Gasteiger partial charge in [0.1, 0.15) is 9.84 Å². The fourth-order valence-corrected chi connectivity index (χ4v) is 2.90. The molecule has 0 aromatic heterocycles. The summed E-state index contributed by atoms with van der Waals surface area (Å²) in [4.78, 5) is 2.06. The molecule has 102 valence electrons. The van der Waals surface area contributed by atoms with Gasteiger partial charge in [0.25, 0.3) is 0 Å². The van der Waals surface area contributed by atoms with Crippen LogP contribution in [0.3, 0.4) is 0 Å². The van der Waals surface area contributed by atoms with Gasteiger partial charge in [-0.2, -0.15) is 0 Å². The van der Waals surface area contributed by atoms with E-state index in [2.05, 4.69) is 4.90 Å². The van der Waals surface area contributed by atoms with Crippen LogP contribution in [0.15, 0.2) is 0 Å². The van der Waals surface area contributed by atoms with Gasteiger partial charge in [-0.05, 0) is 25.8 Å². The molecule has 0 saturated carbocycles. The van der Waals surface area contributed by atoms with Crippen LogP contribution in [0.2, 0.25) is 0 Å². The maximum atomic E-state index is 11.1. The quantitative estimate of drug-likeness (QED) is 0.714. The lowest BCUT2D eigenvalue weighted by molar-refractivity contribution is 0.0185. The van der Waals surface area contributed by atoms with Gasteiger partial charge >= 0.3 is 0 Å². The molecule has 1 heterocycles. The van der Waals surface area contributed by atoms with Gasteiger partial charge in [0.2, 0.25) is 0 Å². The van der Waals surface area contributed by atoms with E-state index < -0.39 is 9.84 Å². The number of hydrogen-bond acceptors (Lipinski definition) is 5. The molecule has 2 atom stereocenters. The molecular weight excluding hydrogens is 240 g/mol. The van der Waals surface area contributed by atoms with Gasteiger partial charge in [0.15, 0.2) is 0 Å². The lowest BCUT2D eigenvalue weighted by atomic mass is 9.93. The van der Waals surface area contributed by atoms with E-state index in [9.17, 15) is 8.42 Å². The first-order chi connectivity index (χ1) is 7.94. The Labute approximate surface area is 104 Å². The Kier molecular flexibility index (Phi) is 5.85. The average Bonchev–Trinajstić information content (AvgIpc) is 2.28. The van der Waals surface area contributed by atoms with Crippen LogP contribution in [0.4, 0.5) is 0 Å². The van der Waals surface area contributed by atoms with E-state index in [1.54, 1.807) is 0 Å². The first kappa shape index (κ1) is 14.9. The van der Waals surface area contributed by atoms with Gasteiger partial charge in [-0.15, -0.1) is 0 Å². The second-order valence-corrected chi connectivity index (χ2v) is 7.15. The van der Waals surface area contributed by atoms with Crippen LogP contribution in [0.5, 0.6) is 0 Å². The Morgan fingerprint density at radius 2 is 2.24 bits per heavy atom. The summed E-state index contributed by atoms with van der Waals surface area (Å²) in [6, 6.07) is 0.219. The average molecular weight is 264 g/mol. The molecule has 0 aromatic rings. The molecule has 1 aliphatic rings. The molecule has 0 amide bonds. The molecule has 6 heteroatoms. The number of sulfone groups is 1. The highest BCUT2D eigenvalue weighted by atomic mass is 32.2. The van der Waals surface area contributed by atoms with Crippen LogP contribution in [0.25, 0.3) is 0 Å². The summed E-state index contributed by atoms with van der Waals surface area (Å²) in [5.41, 5.74) is 5.80. The molecule has 0 aliphatic carbocycles. The number of hydrogen-bond donors (Lipinski definition) is 1. The van der Waals surface area contributed by atoms with Crippen molar-refractivity contribution >= 4 is 9.84 Å². The van der Waals surface area contributed by atoms with Gasteiger partial charge in [-0.25, -0.2) is 8.42 Å². The number of likely N-dealkylation sites (N-methyl/N-ethyl adjacent to an activating group) is 1. The fraction of sp³-hybridized carbons (Fsp3) is 1.00. The van der Waals surface area contributed by atoms with E-state index in [0.717, 1.165) is 26.1 Å². The van der Waals surface area contributed by atoms with Crippen LogP contribution in [0.1, 0.15) is 12.8 Å². The third kappa shape index (κ3) is 5.33. The largest absolute Gasteiger partial charge is 0.381 e. The minimum absolute atomic E-state index is 0.188. The standard InChI is InChI=1S/C11H24N2O3S/c1-13(5-7-17(2,14)15)11(8-12)10-4-3-6-16-9-10/h10-11H,3-9,12H2,1-2H3. The van der Waals surface area contributed by atoms with Crippen molar-refractivity contribution in [3.63, 3.8) is 0 Å². The van der Waals surface area contributed by atoms with E-state index >= 15 is 0 Å². The SMILES string of the molecule is CN(CCS(C)(=O)=O)C(CN)C1CCCOC1. The third-order valence-corrected chi connectivity index (χ3v) is 4.29. The molecule has 0 aromatic carbocycles. The summed E-state index contributed by atoms with van der Waals surface area (Å²) in [7, 11) is -0.964. The summed E-state index contributed by atoms with van der Waals surface area (Å²) in [6.45, 7) is 2.66. The van der Waals surface area contributed by atoms with Crippen molar-refractivity contribution < 1.29 is 13.2 Å². The Morgan fingerprint density at radius 1 is 1.53 bits per heavy atom.